The molecule has 4 nitrogen and oxygen atoms in total. The quantitative estimate of drug-likeness (QED) is 0.473. The Morgan fingerprint density at radius 3 is 1.97 bits per heavy atom. The van der Waals surface area contributed by atoms with Crippen molar-refractivity contribution in [2.24, 2.45) is 39.4 Å². The van der Waals surface area contributed by atoms with Crippen LogP contribution in [0.15, 0.2) is 0 Å². The second-order valence-electron chi connectivity index (χ2n) is 15.6. The van der Waals surface area contributed by atoms with Gasteiger partial charge in [0.2, 0.25) is 0 Å². The zero-order valence-electron chi connectivity index (χ0n) is 23.1. The lowest BCUT2D eigenvalue weighted by molar-refractivity contribution is -0.284. The summed E-state index contributed by atoms with van der Waals surface area (Å²) in [6.45, 7) is 18.5. The zero-order chi connectivity index (χ0) is 24.8. The van der Waals surface area contributed by atoms with Gasteiger partial charge in [0.1, 0.15) is 11.2 Å². The average molecular weight is 475 g/mol. The van der Waals surface area contributed by atoms with Crippen LogP contribution in [0.4, 0.5) is 0 Å². The first-order valence-corrected chi connectivity index (χ1v) is 14.3. The van der Waals surface area contributed by atoms with Crippen molar-refractivity contribution in [3.8, 4) is 0 Å². The summed E-state index contributed by atoms with van der Waals surface area (Å²) >= 11 is 0. The monoisotopic (exact) mass is 474 g/mol. The molecule has 1 spiro atoms. The van der Waals surface area contributed by atoms with E-state index < -0.39 is 11.4 Å². The molecule has 6 rings (SSSR count). The van der Waals surface area contributed by atoms with Gasteiger partial charge >= 0.3 is 0 Å². The molecule has 4 heteroatoms. The van der Waals surface area contributed by atoms with Gasteiger partial charge in [-0.2, -0.15) is 0 Å². The van der Waals surface area contributed by atoms with Crippen molar-refractivity contribution in [2.45, 2.75) is 148 Å². The summed E-state index contributed by atoms with van der Waals surface area (Å²) in [5.41, 5.74) is -0.826. The highest BCUT2D eigenvalue weighted by Gasteiger charge is 2.80. The van der Waals surface area contributed by atoms with Crippen LogP contribution in [0, 0.1) is 39.4 Å². The van der Waals surface area contributed by atoms with Gasteiger partial charge < -0.3 is 19.7 Å². The van der Waals surface area contributed by atoms with Crippen LogP contribution in [0.25, 0.3) is 0 Å². The molecule has 0 aromatic heterocycles. The van der Waals surface area contributed by atoms with E-state index >= 15 is 0 Å². The summed E-state index contributed by atoms with van der Waals surface area (Å²) in [7, 11) is 0. The van der Waals surface area contributed by atoms with E-state index in [1.165, 1.54) is 32.1 Å². The van der Waals surface area contributed by atoms with Crippen molar-refractivity contribution in [2.75, 3.05) is 0 Å². The van der Waals surface area contributed by atoms with Gasteiger partial charge in [-0.3, -0.25) is 0 Å². The van der Waals surface area contributed by atoms with E-state index in [0.717, 1.165) is 32.1 Å². The summed E-state index contributed by atoms with van der Waals surface area (Å²) in [6.07, 6.45) is 10.9. The third kappa shape index (κ3) is 2.42. The fraction of sp³-hybridized carbons (Fsp3) is 1.00. The van der Waals surface area contributed by atoms with E-state index in [1.807, 2.05) is 13.8 Å². The Morgan fingerprint density at radius 1 is 0.676 bits per heavy atom. The third-order valence-corrected chi connectivity index (χ3v) is 13.9. The molecule has 4 aliphatic carbocycles. The molecule has 0 radical (unpaired) electrons. The molecule has 0 amide bonds. The first-order chi connectivity index (χ1) is 15.5. The van der Waals surface area contributed by atoms with Crippen LogP contribution in [0.3, 0.4) is 0 Å². The van der Waals surface area contributed by atoms with E-state index in [-0.39, 0.29) is 33.6 Å². The predicted octanol–water partition coefficient (Wildman–Crippen LogP) is 6.22. The topological polar surface area (TPSA) is 58.9 Å². The number of fused-ring (bicyclic) bond motifs is 9. The summed E-state index contributed by atoms with van der Waals surface area (Å²) in [6, 6.07) is 0. The average Bonchev–Trinajstić information content (AvgIpc) is 3.32. The maximum Gasteiger partial charge on any atom is 0.198 e. The standard InChI is InChI=1S/C30H50O4/c1-23(2)19-11-14-26(6)20(25(19,5)13-12-22(23)31)9-10-21-27(26,7)15-17-29(21)28(8)16-18-30(33-28,34-29)24(3,4)32/h19-22,31-32H,9-18H2,1-8H3/t19-,20+,21-,22+,25-,26+,27+,28-,29+,30+/m0/s1. The molecule has 2 aliphatic heterocycles. The normalized spacial score (nSPS) is 60.2. The van der Waals surface area contributed by atoms with Crippen molar-refractivity contribution in [1.82, 2.24) is 0 Å². The lowest BCUT2D eigenvalue weighted by atomic mass is 9.35. The molecule has 194 valence electrons. The number of rotatable bonds is 1. The summed E-state index contributed by atoms with van der Waals surface area (Å²) < 4.78 is 13.9. The second-order valence-corrected chi connectivity index (χ2v) is 15.6. The molecule has 2 heterocycles. The molecule has 4 saturated carbocycles. The van der Waals surface area contributed by atoms with Crippen LogP contribution in [0.5, 0.6) is 0 Å². The lowest BCUT2D eigenvalue weighted by Crippen LogP contribution is -2.66. The Labute approximate surface area is 207 Å². The molecule has 34 heavy (non-hydrogen) atoms. The van der Waals surface area contributed by atoms with Gasteiger partial charge in [-0.05, 0) is 118 Å². The highest BCUT2D eigenvalue weighted by Crippen LogP contribution is 2.79. The molecule has 0 unspecified atom stereocenters. The molecular formula is C30H50O4. The molecule has 2 N–H and O–H groups in total. The lowest BCUT2D eigenvalue weighted by Gasteiger charge is -2.70. The van der Waals surface area contributed by atoms with E-state index in [2.05, 4.69) is 41.5 Å². The molecule has 6 fully saturated rings. The highest BCUT2D eigenvalue weighted by molar-refractivity contribution is 5.27. The van der Waals surface area contributed by atoms with Crippen LogP contribution < -0.4 is 0 Å². The Balaban J connectivity index is 1.39. The smallest absolute Gasteiger partial charge is 0.198 e. The second kappa shape index (κ2) is 6.45. The first-order valence-electron chi connectivity index (χ1n) is 14.3. The molecular weight excluding hydrogens is 424 g/mol. The highest BCUT2D eigenvalue weighted by atomic mass is 16.8. The van der Waals surface area contributed by atoms with Crippen LogP contribution in [0.2, 0.25) is 0 Å². The largest absolute Gasteiger partial charge is 0.393 e. The molecule has 0 aromatic carbocycles. The third-order valence-electron chi connectivity index (χ3n) is 13.9. The van der Waals surface area contributed by atoms with Gasteiger partial charge in [0.25, 0.3) is 0 Å². The van der Waals surface area contributed by atoms with Gasteiger partial charge in [-0.1, -0.05) is 34.6 Å². The molecule has 10 atom stereocenters. The maximum absolute atomic E-state index is 11.1. The van der Waals surface area contributed by atoms with Gasteiger partial charge in [-0.15, -0.1) is 0 Å². The van der Waals surface area contributed by atoms with Crippen molar-refractivity contribution in [3.63, 3.8) is 0 Å². The predicted molar refractivity (Wildman–Crippen MR) is 133 cm³/mol. The Kier molecular flexibility index (Phi) is 4.59. The molecule has 2 saturated heterocycles. The number of ether oxygens (including phenoxy) is 2. The SMILES string of the molecule is CC1(C)[C@H](O)CC[C@]2(C)[C@H]3CC[C@H]4[C@@](C)(CC[C@@]45O[C@@]4(C(C)(C)O)CC[C@]5(C)O4)[C@]3(C)CC[C@@H]12. The van der Waals surface area contributed by atoms with Crippen molar-refractivity contribution in [3.05, 3.63) is 0 Å². The fourth-order valence-electron chi connectivity index (χ4n) is 11.7. The number of hydrogen-bond acceptors (Lipinski definition) is 4. The van der Waals surface area contributed by atoms with Gasteiger partial charge in [0.15, 0.2) is 5.79 Å². The summed E-state index contributed by atoms with van der Waals surface area (Å²) in [4.78, 5) is 0. The van der Waals surface area contributed by atoms with Crippen molar-refractivity contribution in [1.29, 1.82) is 0 Å². The van der Waals surface area contributed by atoms with Gasteiger partial charge in [-0.25, -0.2) is 0 Å². The van der Waals surface area contributed by atoms with E-state index in [4.69, 9.17) is 9.47 Å². The first kappa shape index (κ1) is 24.2. The number of hydrogen-bond donors (Lipinski definition) is 2. The van der Waals surface area contributed by atoms with E-state index in [9.17, 15) is 10.2 Å². The van der Waals surface area contributed by atoms with Crippen molar-refractivity contribution >= 4 is 0 Å². The van der Waals surface area contributed by atoms with Crippen LogP contribution >= 0.6 is 0 Å². The van der Waals surface area contributed by atoms with Crippen LogP contribution in [-0.2, 0) is 9.47 Å². The van der Waals surface area contributed by atoms with E-state index in [0.29, 0.717) is 23.2 Å². The zero-order valence-corrected chi connectivity index (χ0v) is 23.1. The minimum Gasteiger partial charge on any atom is -0.393 e. The van der Waals surface area contributed by atoms with Crippen LogP contribution in [0.1, 0.15) is 120 Å². The summed E-state index contributed by atoms with van der Waals surface area (Å²) in [5.74, 6) is 0.892. The minimum absolute atomic E-state index is 0.00287. The Hall–Kier alpha value is -0.160. The van der Waals surface area contributed by atoms with E-state index in [1.54, 1.807) is 0 Å². The minimum atomic E-state index is -1.01. The van der Waals surface area contributed by atoms with Gasteiger partial charge in [0.05, 0.1) is 11.7 Å². The molecule has 0 aromatic rings. The Bertz CT molecular complexity index is 893. The number of aliphatic hydroxyl groups is 2. The summed E-state index contributed by atoms with van der Waals surface area (Å²) in [5, 5.41) is 22.0. The number of aliphatic hydroxyl groups excluding tert-OH is 1. The molecule has 6 aliphatic rings. The Morgan fingerprint density at radius 2 is 1.32 bits per heavy atom. The van der Waals surface area contributed by atoms with Gasteiger partial charge in [0, 0.05) is 6.42 Å². The molecule has 2 bridgehead atoms. The van der Waals surface area contributed by atoms with Crippen LogP contribution in [-0.4, -0.2) is 38.9 Å². The maximum atomic E-state index is 11.1. The fourth-order valence-corrected chi connectivity index (χ4v) is 11.7. The van der Waals surface area contributed by atoms with Crippen molar-refractivity contribution < 1.29 is 19.7 Å².